The first-order valence-corrected chi connectivity index (χ1v) is 20.5. The van der Waals surface area contributed by atoms with Gasteiger partial charge in [0.15, 0.2) is 17.5 Å². The number of allylic oxidation sites excluding steroid dienone is 6. The normalized spacial score (nSPS) is 15.3. The fourth-order valence-corrected chi connectivity index (χ4v) is 10.5. The molecule has 0 fully saturated rings. The van der Waals surface area contributed by atoms with Crippen LogP contribution in [0.4, 0.5) is 0 Å². The van der Waals surface area contributed by atoms with Gasteiger partial charge in [-0.25, -0.2) is 15.0 Å². The number of thiophene rings is 1. The van der Waals surface area contributed by atoms with Gasteiger partial charge in [-0.15, -0.1) is 11.3 Å². The van der Waals surface area contributed by atoms with Gasteiger partial charge in [-0.2, -0.15) is 0 Å². The Kier molecular flexibility index (Phi) is 7.15. The first-order valence-electron chi connectivity index (χ1n) is 19.7. The molecule has 12 rings (SSSR count). The van der Waals surface area contributed by atoms with Crippen LogP contribution in [0.25, 0.3) is 86.6 Å². The highest BCUT2D eigenvalue weighted by Crippen LogP contribution is 2.46. The van der Waals surface area contributed by atoms with E-state index >= 15 is 0 Å². The zero-order chi connectivity index (χ0) is 36.7. The van der Waals surface area contributed by atoms with Crippen molar-refractivity contribution in [3.8, 4) is 11.1 Å². The van der Waals surface area contributed by atoms with Crippen molar-refractivity contribution >= 4 is 86.8 Å². The van der Waals surface area contributed by atoms with Crippen LogP contribution >= 0.6 is 11.3 Å². The van der Waals surface area contributed by atoms with E-state index in [4.69, 9.17) is 19.4 Å². The summed E-state index contributed by atoms with van der Waals surface area (Å²) >= 11 is 1.87. The highest BCUT2D eigenvalue weighted by Gasteiger charge is 2.28. The lowest BCUT2D eigenvalue weighted by Gasteiger charge is -2.20. The van der Waals surface area contributed by atoms with Crippen LogP contribution in [0.5, 0.6) is 0 Å². The topological polar surface area (TPSA) is 51.8 Å². The van der Waals surface area contributed by atoms with Crippen LogP contribution in [0.3, 0.4) is 0 Å². The van der Waals surface area contributed by atoms with Gasteiger partial charge in [0.05, 0.1) is 0 Å². The molecular weight excluding hydrogens is 703 g/mol. The number of para-hydroxylation sites is 1. The average Bonchev–Trinajstić information content (AvgIpc) is 3.84. The summed E-state index contributed by atoms with van der Waals surface area (Å²) in [5.41, 5.74) is 10.2. The minimum Gasteiger partial charge on any atom is -0.460 e. The Labute approximate surface area is 327 Å². The van der Waals surface area contributed by atoms with E-state index in [1.165, 1.54) is 58.4 Å². The summed E-state index contributed by atoms with van der Waals surface area (Å²) in [7, 11) is 0. The molecule has 9 aromatic rings. The molecule has 3 aliphatic rings. The zero-order valence-electron chi connectivity index (χ0n) is 30.7. The van der Waals surface area contributed by atoms with E-state index in [1.54, 1.807) is 0 Å². The number of benzene rings is 6. The molecular formula is C51H35N3OS. The minimum atomic E-state index is 0.711. The van der Waals surface area contributed by atoms with Gasteiger partial charge in [0.25, 0.3) is 0 Å². The predicted molar refractivity (Wildman–Crippen MR) is 234 cm³/mol. The lowest BCUT2D eigenvalue weighted by Crippen LogP contribution is -2.11. The molecule has 0 atom stereocenters. The van der Waals surface area contributed by atoms with Crippen molar-refractivity contribution < 1.29 is 4.42 Å². The third-order valence-electron chi connectivity index (χ3n) is 11.9. The molecule has 4 nitrogen and oxygen atoms in total. The third-order valence-corrected chi connectivity index (χ3v) is 13.1. The van der Waals surface area contributed by atoms with Gasteiger partial charge < -0.3 is 4.42 Å². The quantitative estimate of drug-likeness (QED) is 0.180. The number of hydrogen-bond acceptors (Lipinski definition) is 5. The molecule has 0 radical (unpaired) electrons. The molecule has 0 N–H and O–H groups in total. The molecule has 3 heterocycles. The summed E-state index contributed by atoms with van der Waals surface area (Å²) in [6.07, 6.45) is 16.8. The Morgan fingerprint density at radius 2 is 1.36 bits per heavy atom. The van der Waals surface area contributed by atoms with E-state index in [1.807, 2.05) is 11.3 Å². The second-order valence-electron chi connectivity index (χ2n) is 15.2. The number of hydrogen-bond donors (Lipinski definition) is 0. The van der Waals surface area contributed by atoms with E-state index in [9.17, 15) is 0 Å². The number of rotatable bonds is 4. The number of aromatic nitrogens is 3. The van der Waals surface area contributed by atoms with Gasteiger partial charge in [0.1, 0.15) is 11.3 Å². The molecule has 3 aliphatic carbocycles. The Hall–Kier alpha value is -6.43. The Bertz CT molecular complexity index is 3260. The molecule has 6 aromatic carbocycles. The molecule has 3 aromatic heterocycles. The monoisotopic (exact) mass is 737 g/mol. The van der Waals surface area contributed by atoms with Crippen LogP contribution in [0, 0.1) is 0 Å². The molecule has 0 aliphatic heterocycles. The van der Waals surface area contributed by atoms with Crippen LogP contribution < -0.4 is 0 Å². The number of furan rings is 1. The molecule has 0 bridgehead atoms. The fourth-order valence-electron chi connectivity index (χ4n) is 9.21. The summed E-state index contributed by atoms with van der Waals surface area (Å²) in [5, 5.41) is 8.84. The van der Waals surface area contributed by atoms with Crippen molar-refractivity contribution in [2.45, 2.75) is 38.5 Å². The van der Waals surface area contributed by atoms with Gasteiger partial charge in [0, 0.05) is 59.8 Å². The SMILES string of the molecule is C1=CC(c2nc(C3=Cc4ccc5ccccc5c4CC3)nc(C3=CCCc4oc5c(-c6cccc7c6sc6cc8ccccc8cc67)cccc5c43)n2)=CCC1. The van der Waals surface area contributed by atoms with Crippen molar-refractivity contribution in [3.63, 3.8) is 0 Å². The maximum atomic E-state index is 6.94. The van der Waals surface area contributed by atoms with Gasteiger partial charge in [0.2, 0.25) is 0 Å². The molecule has 0 spiro atoms. The van der Waals surface area contributed by atoms with E-state index in [0.717, 1.165) is 94.7 Å². The molecule has 266 valence electrons. The van der Waals surface area contributed by atoms with Gasteiger partial charge in [-0.3, -0.25) is 0 Å². The smallest absolute Gasteiger partial charge is 0.164 e. The first kappa shape index (κ1) is 31.9. The minimum absolute atomic E-state index is 0.711. The Morgan fingerprint density at radius 3 is 2.25 bits per heavy atom. The molecule has 0 unspecified atom stereocenters. The lowest BCUT2D eigenvalue weighted by molar-refractivity contribution is 0.546. The molecule has 56 heavy (non-hydrogen) atoms. The maximum Gasteiger partial charge on any atom is 0.164 e. The molecule has 5 heteroatoms. The van der Waals surface area contributed by atoms with Gasteiger partial charge in [-0.1, -0.05) is 121 Å². The standard InChI is InChI=1S/C51H35N3OS/c1-2-12-31(13-3-1)49-52-50(35-25-26-37-34(27-35)24-23-30-11-6-7-16-36(30)37)54-51(53-49)42-21-10-22-44-46(42)41-20-8-17-38(47(41)55-44)39-18-9-19-40-43-28-32-14-4-5-15-33(32)29-45(43)56-48(39)40/h2,4-9,11-21,23-24,27-29H,1,3,10,22,25-26H2. The second kappa shape index (κ2) is 12.6. The van der Waals surface area contributed by atoms with Crippen LogP contribution in [0.15, 0.2) is 138 Å². The Morgan fingerprint density at radius 1 is 0.571 bits per heavy atom. The molecule has 0 saturated heterocycles. The fraction of sp³-hybridized carbons (Fsp3) is 0.118. The van der Waals surface area contributed by atoms with Crippen LogP contribution in [0.2, 0.25) is 0 Å². The highest BCUT2D eigenvalue weighted by molar-refractivity contribution is 7.26. The van der Waals surface area contributed by atoms with E-state index in [0.29, 0.717) is 5.82 Å². The van der Waals surface area contributed by atoms with E-state index in [-0.39, 0.29) is 0 Å². The summed E-state index contributed by atoms with van der Waals surface area (Å²) in [4.78, 5) is 15.7. The summed E-state index contributed by atoms with van der Waals surface area (Å²) < 4.78 is 9.53. The van der Waals surface area contributed by atoms with E-state index < -0.39 is 0 Å². The number of nitrogens with zero attached hydrogens (tertiary/aromatic N) is 3. The molecule has 0 saturated carbocycles. The average molecular weight is 738 g/mol. The second-order valence-corrected chi connectivity index (χ2v) is 16.2. The predicted octanol–water partition coefficient (Wildman–Crippen LogP) is 13.6. The molecule has 0 amide bonds. The zero-order valence-corrected chi connectivity index (χ0v) is 31.5. The van der Waals surface area contributed by atoms with Crippen molar-refractivity contribution in [1.82, 2.24) is 15.0 Å². The third kappa shape index (κ3) is 5.01. The van der Waals surface area contributed by atoms with Gasteiger partial charge in [-0.05, 0) is 88.6 Å². The summed E-state index contributed by atoms with van der Waals surface area (Å²) in [6.45, 7) is 0. The maximum absolute atomic E-state index is 6.94. The van der Waals surface area contributed by atoms with Crippen molar-refractivity contribution in [2.75, 3.05) is 0 Å². The van der Waals surface area contributed by atoms with Crippen molar-refractivity contribution in [1.29, 1.82) is 0 Å². The van der Waals surface area contributed by atoms with Crippen LogP contribution in [0.1, 0.15) is 65.6 Å². The van der Waals surface area contributed by atoms with Crippen LogP contribution in [-0.4, -0.2) is 15.0 Å². The summed E-state index contributed by atoms with van der Waals surface area (Å²) in [6, 6.07) is 39.8. The largest absolute Gasteiger partial charge is 0.460 e. The lowest BCUT2D eigenvalue weighted by atomic mass is 9.88. The van der Waals surface area contributed by atoms with Crippen molar-refractivity contribution in [3.05, 3.63) is 173 Å². The number of fused-ring (bicyclic) bond motifs is 10. The summed E-state index contributed by atoms with van der Waals surface area (Å²) in [5.74, 6) is 3.20. The van der Waals surface area contributed by atoms with Crippen molar-refractivity contribution in [2.24, 2.45) is 0 Å². The van der Waals surface area contributed by atoms with Crippen LogP contribution in [-0.2, 0) is 12.8 Å². The van der Waals surface area contributed by atoms with E-state index in [2.05, 4.69) is 140 Å². The highest BCUT2D eigenvalue weighted by atomic mass is 32.1. The van der Waals surface area contributed by atoms with Gasteiger partial charge >= 0.3 is 0 Å². The Balaban J connectivity index is 1.01. The first-order chi connectivity index (χ1) is 27.7. The number of aryl methyl sites for hydroxylation is 2.